The molecule has 0 spiro atoms. The van der Waals surface area contributed by atoms with Crippen molar-refractivity contribution in [1.82, 2.24) is 4.90 Å². The molecule has 0 saturated carbocycles. The van der Waals surface area contributed by atoms with Crippen LogP contribution in [-0.2, 0) is 4.79 Å². The first-order valence-electron chi connectivity index (χ1n) is 6.15. The average molecular weight is 251 g/mol. The molecule has 1 aliphatic heterocycles. The Morgan fingerprint density at radius 3 is 2.78 bits per heavy atom. The smallest absolute Gasteiger partial charge is 0.241 e. The fourth-order valence-electron chi connectivity index (χ4n) is 2.10. The molecule has 0 aliphatic carbocycles. The summed E-state index contributed by atoms with van der Waals surface area (Å²) >= 11 is 0. The molecule has 0 unspecified atom stereocenters. The summed E-state index contributed by atoms with van der Waals surface area (Å²) in [6.07, 6.45) is 2.15. The Balaban J connectivity index is 1.97. The largest absolute Gasteiger partial charge is 0.397 e. The minimum atomic E-state index is -0.330. The first-order valence-corrected chi connectivity index (χ1v) is 6.15. The lowest BCUT2D eigenvalue weighted by Crippen LogP contribution is -2.33. The van der Waals surface area contributed by atoms with E-state index >= 15 is 0 Å². The molecule has 0 atom stereocenters. The van der Waals surface area contributed by atoms with Gasteiger partial charge in [-0.3, -0.25) is 4.79 Å². The summed E-state index contributed by atoms with van der Waals surface area (Å²) in [7, 11) is 0. The molecule has 18 heavy (non-hydrogen) atoms. The zero-order chi connectivity index (χ0) is 13.1. The molecule has 0 aromatic heterocycles. The average Bonchev–Trinajstić information content (AvgIpc) is 2.85. The van der Waals surface area contributed by atoms with Gasteiger partial charge in [0.2, 0.25) is 5.91 Å². The van der Waals surface area contributed by atoms with E-state index in [1.807, 2.05) is 4.90 Å². The molecule has 1 fully saturated rings. The van der Waals surface area contributed by atoms with Crippen molar-refractivity contribution in [1.29, 1.82) is 0 Å². The van der Waals surface area contributed by atoms with Crippen LogP contribution in [-0.4, -0.2) is 30.4 Å². The van der Waals surface area contributed by atoms with E-state index in [4.69, 9.17) is 5.73 Å². The van der Waals surface area contributed by atoms with E-state index < -0.39 is 0 Å². The van der Waals surface area contributed by atoms with Crippen molar-refractivity contribution in [2.24, 2.45) is 0 Å². The minimum Gasteiger partial charge on any atom is -0.397 e. The van der Waals surface area contributed by atoms with Gasteiger partial charge in [0, 0.05) is 13.1 Å². The van der Waals surface area contributed by atoms with E-state index in [1.165, 1.54) is 6.07 Å². The third-order valence-electron chi connectivity index (χ3n) is 3.22. The maximum Gasteiger partial charge on any atom is 0.241 e. The lowest BCUT2D eigenvalue weighted by molar-refractivity contribution is -0.128. The second-order valence-electron chi connectivity index (χ2n) is 4.63. The molecule has 1 aliphatic rings. The van der Waals surface area contributed by atoms with Crippen LogP contribution in [0.15, 0.2) is 12.1 Å². The van der Waals surface area contributed by atoms with Crippen LogP contribution in [0.5, 0.6) is 0 Å². The molecular formula is C13H18FN3O. The number of anilines is 2. The molecule has 4 nitrogen and oxygen atoms in total. The van der Waals surface area contributed by atoms with Gasteiger partial charge in [-0.25, -0.2) is 4.39 Å². The quantitative estimate of drug-likeness (QED) is 0.805. The minimum absolute atomic E-state index is 0.0638. The van der Waals surface area contributed by atoms with E-state index in [1.54, 1.807) is 13.0 Å². The van der Waals surface area contributed by atoms with Crippen LogP contribution in [0, 0.1) is 12.7 Å². The summed E-state index contributed by atoms with van der Waals surface area (Å²) in [4.78, 5) is 13.7. The number of nitrogens with one attached hydrogen (secondary N) is 1. The van der Waals surface area contributed by atoms with Gasteiger partial charge in [-0.2, -0.15) is 0 Å². The van der Waals surface area contributed by atoms with Gasteiger partial charge in [-0.15, -0.1) is 0 Å². The monoisotopic (exact) mass is 251 g/mol. The maximum atomic E-state index is 13.2. The Bertz CT molecular complexity index is 456. The van der Waals surface area contributed by atoms with E-state index in [0.29, 0.717) is 16.9 Å². The second-order valence-corrected chi connectivity index (χ2v) is 4.63. The number of hydrogen-bond acceptors (Lipinski definition) is 3. The Morgan fingerprint density at radius 2 is 2.11 bits per heavy atom. The van der Waals surface area contributed by atoms with Gasteiger partial charge in [0.25, 0.3) is 0 Å². The predicted octanol–water partition coefficient (Wildman–Crippen LogP) is 1.75. The molecule has 98 valence electrons. The number of likely N-dealkylation sites (tertiary alicyclic amines) is 1. The molecular weight excluding hydrogens is 233 g/mol. The number of nitrogen functional groups attached to an aromatic ring is 1. The third-order valence-corrected chi connectivity index (χ3v) is 3.22. The number of amides is 1. The topological polar surface area (TPSA) is 58.4 Å². The predicted molar refractivity (Wildman–Crippen MR) is 69.9 cm³/mol. The Labute approximate surface area is 106 Å². The van der Waals surface area contributed by atoms with Crippen molar-refractivity contribution in [2.45, 2.75) is 19.8 Å². The van der Waals surface area contributed by atoms with E-state index in [-0.39, 0.29) is 18.3 Å². The van der Waals surface area contributed by atoms with Gasteiger partial charge in [0.05, 0.1) is 17.9 Å². The lowest BCUT2D eigenvalue weighted by Gasteiger charge is -2.17. The van der Waals surface area contributed by atoms with E-state index in [2.05, 4.69) is 5.32 Å². The molecule has 3 N–H and O–H groups in total. The van der Waals surface area contributed by atoms with Crippen LogP contribution < -0.4 is 11.1 Å². The number of carbonyl (C=O) groups is 1. The van der Waals surface area contributed by atoms with Crippen molar-refractivity contribution in [3.63, 3.8) is 0 Å². The van der Waals surface area contributed by atoms with Gasteiger partial charge in [0.15, 0.2) is 0 Å². The van der Waals surface area contributed by atoms with Crippen LogP contribution in [0.3, 0.4) is 0 Å². The number of carbonyl (C=O) groups excluding carboxylic acids is 1. The Hall–Kier alpha value is -1.78. The van der Waals surface area contributed by atoms with Crippen LogP contribution >= 0.6 is 0 Å². The summed E-state index contributed by atoms with van der Waals surface area (Å²) in [5, 5.41) is 2.97. The summed E-state index contributed by atoms with van der Waals surface area (Å²) in [5.41, 5.74) is 7.16. The standard InChI is InChI=1S/C13H18FN3O/c1-9-6-12(11(15)7-10(9)14)16-8-13(18)17-4-2-3-5-17/h6-7,16H,2-5,8,15H2,1H3. The highest BCUT2D eigenvalue weighted by Gasteiger charge is 2.17. The van der Waals surface area contributed by atoms with Gasteiger partial charge < -0.3 is 16.0 Å². The van der Waals surface area contributed by atoms with Gasteiger partial charge in [-0.1, -0.05) is 0 Å². The Morgan fingerprint density at radius 1 is 1.44 bits per heavy atom. The first-order chi connectivity index (χ1) is 8.58. The highest BCUT2D eigenvalue weighted by Crippen LogP contribution is 2.22. The molecule has 1 saturated heterocycles. The third kappa shape index (κ3) is 2.72. The van der Waals surface area contributed by atoms with Crippen LogP contribution in [0.2, 0.25) is 0 Å². The number of benzene rings is 1. The number of halogens is 1. The number of aryl methyl sites for hydroxylation is 1. The maximum absolute atomic E-state index is 13.2. The van der Waals surface area contributed by atoms with Gasteiger partial charge in [0.1, 0.15) is 5.82 Å². The second kappa shape index (κ2) is 5.25. The number of nitrogens with zero attached hydrogens (tertiary/aromatic N) is 1. The summed E-state index contributed by atoms with van der Waals surface area (Å²) in [6.45, 7) is 3.54. The molecule has 0 bridgehead atoms. The normalized spacial score (nSPS) is 14.9. The summed E-state index contributed by atoms with van der Waals surface area (Å²) in [5.74, 6) is -0.266. The van der Waals surface area contributed by atoms with Crippen molar-refractivity contribution in [3.8, 4) is 0 Å². The van der Waals surface area contributed by atoms with Crippen LogP contribution in [0.4, 0.5) is 15.8 Å². The summed E-state index contributed by atoms with van der Waals surface area (Å²) < 4.78 is 13.2. The van der Waals surface area contributed by atoms with Crippen molar-refractivity contribution in [3.05, 3.63) is 23.5 Å². The fraction of sp³-hybridized carbons (Fsp3) is 0.462. The van der Waals surface area contributed by atoms with Crippen LogP contribution in [0.25, 0.3) is 0 Å². The molecule has 1 aromatic carbocycles. The highest BCUT2D eigenvalue weighted by molar-refractivity contribution is 5.82. The number of hydrogen-bond donors (Lipinski definition) is 2. The Kier molecular flexibility index (Phi) is 3.69. The highest BCUT2D eigenvalue weighted by atomic mass is 19.1. The molecule has 1 amide bonds. The first kappa shape index (κ1) is 12.7. The number of rotatable bonds is 3. The zero-order valence-corrected chi connectivity index (χ0v) is 10.5. The number of nitrogens with two attached hydrogens (primary N) is 1. The van der Waals surface area contributed by atoms with Crippen molar-refractivity contribution < 1.29 is 9.18 Å². The molecule has 2 rings (SSSR count). The zero-order valence-electron chi connectivity index (χ0n) is 10.5. The fourth-order valence-corrected chi connectivity index (χ4v) is 2.10. The van der Waals surface area contributed by atoms with Crippen molar-refractivity contribution in [2.75, 3.05) is 30.7 Å². The molecule has 1 heterocycles. The van der Waals surface area contributed by atoms with Crippen LogP contribution in [0.1, 0.15) is 18.4 Å². The van der Waals surface area contributed by atoms with Gasteiger partial charge >= 0.3 is 0 Å². The summed E-state index contributed by atoms with van der Waals surface area (Å²) in [6, 6.07) is 2.90. The van der Waals surface area contributed by atoms with Crippen molar-refractivity contribution >= 4 is 17.3 Å². The SMILES string of the molecule is Cc1cc(NCC(=O)N2CCCC2)c(N)cc1F. The van der Waals surface area contributed by atoms with E-state index in [0.717, 1.165) is 25.9 Å². The molecule has 1 aromatic rings. The van der Waals surface area contributed by atoms with Gasteiger partial charge in [-0.05, 0) is 37.5 Å². The molecule has 5 heteroatoms. The van der Waals surface area contributed by atoms with E-state index in [9.17, 15) is 9.18 Å². The molecule has 0 radical (unpaired) electrons. The lowest BCUT2D eigenvalue weighted by atomic mass is 10.2.